The van der Waals surface area contributed by atoms with E-state index in [1.807, 2.05) is 0 Å². The Bertz CT molecular complexity index is 396. The maximum Gasteiger partial charge on any atom is 0.326 e. The van der Waals surface area contributed by atoms with E-state index in [4.69, 9.17) is 5.11 Å². The predicted octanol–water partition coefficient (Wildman–Crippen LogP) is 0.0423. The van der Waals surface area contributed by atoms with Crippen LogP contribution in [0, 0.1) is 0 Å². The summed E-state index contributed by atoms with van der Waals surface area (Å²) >= 11 is 0. The van der Waals surface area contributed by atoms with Crippen LogP contribution in [0.25, 0.3) is 0 Å². The first-order valence-corrected chi connectivity index (χ1v) is 7.64. The summed E-state index contributed by atoms with van der Waals surface area (Å²) in [6, 6.07) is -0.662. The summed E-state index contributed by atoms with van der Waals surface area (Å²) in [6.07, 6.45) is 0.456. The van der Waals surface area contributed by atoms with E-state index < -0.39 is 18.1 Å². The zero-order valence-electron chi connectivity index (χ0n) is 12.7. The molecular formula is C14H25N3O4. The summed E-state index contributed by atoms with van der Waals surface area (Å²) in [5.41, 5.74) is 0. The van der Waals surface area contributed by atoms with Crippen molar-refractivity contribution in [2.45, 2.75) is 44.9 Å². The fourth-order valence-electron chi connectivity index (χ4n) is 3.05. The number of aliphatic hydroxyl groups is 1. The Morgan fingerprint density at radius 3 is 2.38 bits per heavy atom. The summed E-state index contributed by atoms with van der Waals surface area (Å²) < 4.78 is 0. The molecule has 2 fully saturated rings. The minimum atomic E-state index is -1.04. The van der Waals surface area contributed by atoms with E-state index in [2.05, 4.69) is 18.7 Å². The molecule has 0 aromatic rings. The van der Waals surface area contributed by atoms with Crippen molar-refractivity contribution >= 4 is 12.0 Å². The molecule has 2 heterocycles. The number of urea groups is 1. The van der Waals surface area contributed by atoms with Crippen molar-refractivity contribution in [3.8, 4) is 0 Å². The van der Waals surface area contributed by atoms with Gasteiger partial charge in [-0.25, -0.2) is 9.59 Å². The third-order valence-electron chi connectivity index (χ3n) is 4.61. The Morgan fingerprint density at radius 1 is 1.24 bits per heavy atom. The van der Waals surface area contributed by atoms with Gasteiger partial charge in [-0.2, -0.15) is 0 Å². The highest BCUT2D eigenvalue weighted by atomic mass is 16.4. The first-order chi connectivity index (χ1) is 9.93. The molecule has 2 aliphatic heterocycles. The Hall–Kier alpha value is -1.34. The third-order valence-corrected chi connectivity index (χ3v) is 4.61. The molecule has 2 saturated heterocycles. The zero-order valence-corrected chi connectivity index (χ0v) is 12.7. The van der Waals surface area contributed by atoms with Gasteiger partial charge in [0.15, 0.2) is 0 Å². The largest absolute Gasteiger partial charge is 0.480 e. The fraction of sp³-hybridized carbons (Fsp3) is 0.857. The lowest BCUT2D eigenvalue weighted by atomic mass is 10.2. The van der Waals surface area contributed by atoms with Crippen LogP contribution in [0.5, 0.6) is 0 Å². The van der Waals surface area contributed by atoms with Crippen LogP contribution < -0.4 is 0 Å². The number of hydrogen-bond donors (Lipinski definition) is 2. The molecule has 7 heteroatoms. The second-order valence-electron chi connectivity index (χ2n) is 5.96. The molecule has 21 heavy (non-hydrogen) atoms. The monoisotopic (exact) mass is 299 g/mol. The minimum absolute atomic E-state index is 0.112. The van der Waals surface area contributed by atoms with E-state index in [9.17, 15) is 14.7 Å². The smallest absolute Gasteiger partial charge is 0.326 e. The zero-order chi connectivity index (χ0) is 15.6. The highest BCUT2D eigenvalue weighted by molar-refractivity contribution is 5.83. The molecule has 0 aliphatic carbocycles. The maximum absolute atomic E-state index is 12.5. The Labute approximate surface area is 125 Å². The van der Waals surface area contributed by atoms with Crippen molar-refractivity contribution in [2.75, 3.05) is 32.7 Å². The number of carbonyl (C=O) groups is 2. The van der Waals surface area contributed by atoms with Gasteiger partial charge in [-0.3, -0.25) is 4.90 Å². The standard InChI is InChI=1S/C14H25N3O4/c1-3-10(2)15-4-6-16(7-5-15)14(21)17-9-11(18)8-12(17)13(19)20/h10-12,18H,3-9H2,1-2H3,(H,19,20)/t10?,11-,12-/m1/s1. The molecule has 120 valence electrons. The normalized spacial score (nSPS) is 28.7. The van der Waals surface area contributed by atoms with Crippen LogP contribution in [0.4, 0.5) is 4.79 Å². The molecule has 3 atom stereocenters. The van der Waals surface area contributed by atoms with Crippen LogP contribution >= 0.6 is 0 Å². The number of aliphatic hydroxyl groups excluding tert-OH is 1. The van der Waals surface area contributed by atoms with Crippen LogP contribution in [0.2, 0.25) is 0 Å². The first-order valence-electron chi connectivity index (χ1n) is 7.64. The van der Waals surface area contributed by atoms with Crippen LogP contribution in [0.1, 0.15) is 26.7 Å². The predicted molar refractivity (Wildman–Crippen MR) is 77.0 cm³/mol. The molecule has 2 rings (SSSR count). The highest BCUT2D eigenvalue weighted by Gasteiger charge is 2.41. The van der Waals surface area contributed by atoms with E-state index >= 15 is 0 Å². The van der Waals surface area contributed by atoms with Crippen LogP contribution in [0.15, 0.2) is 0 Å². The summed E-state index contributed by atoms with van der Waals surface area (Å²) in [6.45, 7) is 7.29. The molecule has 0 aromatic carbocycles. The Morgan fingerprint density at radius 2 is 1.86 bits per heavy atom. The number of piperazine rings is 1. The number of hydrogen-bond acceptors (Lipinski definition) is 4. The minimum Gasteiger partial charge on any atom is -0.480 e. The summed E-state index contributed by atoms with van der Waals surface area (Å²) in [5, 5.41) is 18.8. The van der Waals surface area contributed by atoms with E-state index in [1.54, 1.807) is 4.90 Å². The van der Waals surface area contributed by atoms with E-state index in [0.717, 1.165) is 19.5 Å². The summed E-state index contributed by atoms with van der Waals surface area (Å²) in [4.78, 5) is 29.0. The third kappa shape index (κ3) is 3.47. The molecule has 0 spiro atoms. The van der Waals surface area contributed by atoms with Crippen LogP contribution in [-0.2, 0) is 4.79 Å². The van der Waals surface area contributed by atoms with Gasteiger partial charge in [-0.15, -0.1) is 0 Å². The van der Waals surface area contributed by atoms with Gasteiger partial charge in [-0.05, 0) is 13.3 Å². The fourth-order valence-corrected chi connectivity index (χ4v) is 3.05. The number of aliphatic carboxylic acids is 1. The van der Waals surface area contributed by atoms with Gasteiger partial charge < -0.3 is 20.0 Å². The molecule has 2 aliphatic rings. The van der Waals surface area contributed by atoms with Gasteiger partial charge in [0.2, 0.25) is 0 Å². The molecule has 0 radical (unpaired) electrons. The number of carboxylic acids is 1. The molecule has 0 saturated carbocycles. The number of amides is 2. The van der Waals surface area contributed by atoms with Crippen LogP contribution in [0.3, 0.4) is 0 Å². The lowest BCUT2D eigenvalue weighted by Gasteiger charge is -2.39. The molecule has 2 N–H and O–H groups in total. The van der Waals surface area contributed by atoms with Crippen molar-refractivity contribution in [1.29, 1.82) is 0 Å². The summed E-state index contributed by atoms with van der Waals surface area (Å²) in [7, 11) is 0. The first kappa shape index (κ1) is 16.0. The van der Waals surface area contributed by atoms with Crippen LogP contribution in [-0.4, -0.2) is 87.8 Å². The number of carboxylic acid groups (broad SMARTS) is 1. The molecule has 0 aromatic heterocycles. The quantitative estimate of drug-likeness (QED) is 0.769. The summed E-state index contributed by atoms with van der Waals surface area (Å²) in [5.74, 6) is -1.04. The molecule has 1 unspecified atom stereocenters. The van der Waals surface area contributed by atoms with Crippen molar-refractivity contribution in [2.24, 2.45) is 0 Å². The van der Waals surface area contributed by atoms with E-state index in [1.165, 1.54) is 4.90 Å². The number of nitrogens with zero attached hydrogens (tertiary/aromatic N) is 3. The lowest BCUT2D eigenvalue weighted by molar-refractivity contribution is -0.141. The number of likely N-dealkylation sites (tertiary alicyclic amines) is 1. The maximum atomic E-state index is 12.5. The highest BCUT2D eigenvalue weighted by Crippen LogP contribution is 2.21. The van der Waals surface area contributed by atoms with Crippen molar-refractivity contribution in [1.82, 2.24) is 14.7 Å². The Kier molecular flexibility index (Phi) is 5.05. The second kappa shape index (κ2) is 6.62. The van der Waals surface area contributed by atoms with Gasteiger partial charge in [-0.1, -0.05) is 6.92 Å². The van der Waals surface area contributed by atoms with Crippen molar-refractivity contribution in [3.05, 3.63) is 0 Å². The van der Waals surface area contributed by atoms with Gasteiger partial charge in [0.1, 0.15) is 6.04 Å². The lowest BCUT2D eigenvalue weighted by Crippen LogP contribution is -2.56. The van der Waals surface area contributed by atoms with Gasteiger partial charge in [0.25, 0.3) is 0 Å². The molecular weight excluding hydrogens is 274 g/mol. The number of carbonyl (C=O) groups excluding carboxylic acids is 1. The molecule has 2 amide bonds. The topological polar surface area (TPSA) is 84.3 Å². The molecule has 7 nitrogen and oxygen atoms in total. The number of rotatable bonds is 3. The Balaban J connectivity index is 1.94. The molecule has 0 bridgehead atoms. The average molecular weight is 299 g/mol. The van der Waals surface area contributed by atoms with Gasteiger partial charge >= 0.3 is 12.0 Å². The van der Waals surface area contributed by atoms with Crippen molar-refractivity contribution in [3.63, 3.8) is 0 Å². The van der Waals surface area contributed by atoms with Gasteiger partial charge in [0, 0.05) is 45.2 Å². The van der Waals surface area contributed by atoms with Gasteiger partial charge in [0.05, 0.1) is 6.10 Å². The van der Waals surface area contributed by atoms with E-state index in [0.29, 0.717) is 19.1 Å². The van der Waals surface area contributed by atoms with E-state index in [-0.39, 0.29) is 19.0 Å². The number of β-amino-alcohol motifs (C(OH)–C–C–N with tert-alkyl or cyclic N) is 1. The average Bonchev–Trinajstić information content (AvgIpc) is 2.88. The van der Waals surface area contributed by atoms with Crippen molar-refractivity contribution < 1.29 is 19.8 Å². The SMILES string of the molecule is CCC(C)N1CCN(C(=O)N2C[C@H](O)C[C@@H]2C(=O)O)CC1. The second-order valence-corrected chi connectivity index (χ2v) is 5.96.